The van der Waals surface area contributed by atoms with Gasteiger partial charge < -0.3 is 4.74 Å². The van der Waals surface area contributed by atoms with Crippen LogP contribution in [-0.4, -0.2) is 21.2 Å². The van der Waals surface area contributed by atoms with Crippen LogP contribution in [0.1, 0.15) is 5.56 Å². The monoisotopic (exact) mass is 378 g/mol. The van der Waals surface area contributed by atoms with Gasteiger partial charge in [-0.15, -0.1) is 9.36 Å². The van der Waals surface area contributed by atoms with Gasteiger partial charge in [0, 0.05) is 5.39 Å². The van der Waals surface area contributed by atoms with Crippen LogP contribution in [0.2, 0.25) is 0 Å². The van der Waals surface area contributed by atoms with E-state index in [0.717, 1.165) is 16.3 Å². The van der Waals surface area contributed by atoms with Crippen molar-refractivity contribution in [3.05, 3.63) is 78.5 Å². The van der Waals surface area contributed by atoms with E-state index >= 15 is 0 Å². The molecule has 0 bridgehead atoms. The maximum Gasteiger partial charge on any atom is 0.258 e. The topological polar surface area (TPSA) is 48.0 Å². The maximum absolute atomic E-state index is 13.5. The molecule has 0 radical (unpaired) electrons. The van der Waals surface area contributed by atoms with Gasteiger partial charge in [-0.05, 0) is 17.0 Å². The number of ether oxygens (including phenoxy) is 1. The van der Waals surface area contributed by atoms with Crippen LogP contribution in [0.4, 0.5) is 0 Å². The second kappa shape index (κ2) is 7.32. The SMILES string of the molecule is COc1ccc2ccccc2c1S(=O)c1c[n+](Cc2ccccc2)nn1C. The molecule has 0 saturated heterocycles. The third kappa shape index (κ3) is 3.36. The second-order valence-corrected chi connectivity index (χ2v) is 7.61. The molecule has 1 aromatic heterocycles. The van der Waals surface area contributed by atoms with E-state index in [4.69, 9.17) is 4.74 Å². The normalized spacial score (nSPS) is 12.2. The summed E-state index contributed by atoms with van der Waals surface area (Å²) in [5, 5.41) is 7.06. The number of nitrogens with zero attached hydrogens (tertiary/aromatic N) is 3. The van der Waals surface area contributed by atoms with Gasteiger partial charge in [-0.1, -0.05) is 60.7 Å². The number of aromatic nitrogens is 3. The van der Waals surface area contributed by atoms with Crippen LogP contribution in [0, 0.1) is 0 Å². The largest absolute Gasteiger partial charge is 0.495 e. The minimum Gasteiger partial charge on any atom is -0.495 e. The third-order valence-electron chi connectivity index (χ3n) is 4.45. The molecule has 0 fully saturated rings. The number of fused-ring (bicyclic) bond motifs is 1. The summed E-state index contributed by atoms with van der Waals surface area (Å²) in [6.45, 7) is 0.624. The van der Waals surface area contributed by atoms with Crippen LogP contribution >= 0.6 is 0 Å². The average Bonchev–Trinajstić information content (AvgIpc) is 3.07. The lowest BCUT2D eigenvalue weighted by molar-refractivity contribution is -0.747. The molecule has 3 aromatic carbocycles. The van der Waals surface area contributed by atoms with E-state index in [1.807, 2.05) is 80.0 Å². The van der Waals surface area contributed by atoms with Gasteiger partial charge in [0.2, 0.25) is 0 Å². The van der Waals surface area contributed by atoms with Crippen molar-refractivity contribution in [1.29, 1.82) is 0 Å². The van der Waals surface area contributed by atoms with Crippen LogP contribution in [0.5, 0.6) is 5.75 Å². The Kier molecular flexibility index (Phi) is 4.73. The quantitative estimate of drug-likeness (QED) is 0.502. The van der Waals surface area contributed by atoms with Crippen molar-refractivity contribution in [1.82, 2.24) is 9.90 Å². The first kappa shape index (κ1) is 17.4. The summed E-state index contributed by atoms with van der Waals surface area (Å²) in [6.07, 6.45) is 1.84. The molecule has 0 N–H and O–H groups in total. The van der Waals surface area contributed by atoms with Crippen LogP contribution in [0.3, 0.4) is 0 Å². The molecule has 1 atom stereocenters. The standard InChI is InChI=1S/C21H20N3O2S/c1-23-20(15-24(22-23)14-16-8-4-3-5-9-16)27(25)21-18-11-7-6-10-17(18)12-13-19(21)26-2/h3-13,15H,14H2,1-2H3/q+1. The Morgan fingerprint density at radius 3 is 2.56 bits per heavy atom. The van der Waals surface area contributed by atoms with Crippen molar-refractivity contribution in [2.24, 2.45) is 7.05 Å². The van der Waals surface area contributed by atoms with E-state index in [-0.39, 0.29) is 0 Å². The van der Waals surface area contributed by atoms with E-state index < -0.39 is 10.8 Å². The van der Waals surface area contributed by atoms with E-state index in [2.05, 4.69) is 5.21 Å². The van der Waals surface area contributed by atoms with Gasteiger partial charge in [-0.25, -0.2) is 4.21 Å². The fraction of sp³-hybridized carbons (Fsp3) is 0.143. The molecule has 4 rings (SSSR count). The Morgan fingerprint density at radius 1 is 1.04 bits per heavy atom. The zero-order valence-electron chi connectivity index (χ0n) is 15.2. The Bertz CT molecular complexity index is 1120. The van der Waals surface area contributed by atoms with E-state index in [1.54, 1.807) is 16.5 Å². The van der Waals surface area contributed by atoms with Gasteiger partial charge in [-0.3, -0.25) is 0 Å². The van der Waals surface area contributed by atoms with Crippen molar-refractivity contribution < 1.29 is 13.6 Å². The van der Waals surface area contributed by atoms with Crippen molar-refractivity contribution in [2.45, 2.75) is 16.5 Å². The smallest absolute Gasteiger partial charge is 0.258 e. The maximum atomic E-state index is 13.5. The molecular formula is C21H20N3O2S+. The van der Waals surface area contributed by atoms with Crippen molar-refractivity contribution in [3.8, 4) is 5.75 Å². The van der Waals surface area contributed by atoms with E-state index in [1.165, 1.54) is 0 Å². The molecule has 0 aliphatic heterocycles. The number of methoxy groups -OCH3 is 1. The lowest BCUT2D eigenvalue weighted by Crippen LogP contribution is -2.36. The van der Waals surface area contributed by atoms with Crippen LogP contribution in [0.25, 0.3) is 10.8 Å². The fourth-order valence-corrected chi connectivity index (χ4v) is 4.57. The molecule has 0 spiro atoms. The molecule has 27 heavy (non-hydrogen) atoms. The predicted molar refractivity (Wildman–Crippen MR) is 104 cm³/mol. The molecule has 5 nitrogen and oxygen atoms in total. The van der Waals surface area contributed by atoms with Gasteiger partial charge in [0.25, 0.3) is 5.03 Å². The first-order valence-electron chi connectivity index (χ1n) is 8.62. The molecule has 0 amide bonds. The summed E-state index contributed by atoms with van der Waals surface area (Å²) in [7, 11) is 1.99. The lowest BCUT2D eigenvalue weighted by Gasteiger charge is -2.10. The van der Waals surface area contributed by atoms with Gasteiger partial charge in [0.05, 0.1) is 17.2 Å². The highest BCUT2D eigenvalue weighted by Gasteiger charge is 2.25. The summed E-state index contributed by atoms with van der Waals surface area (Å²) in [6, 6.07) is 21.8. The number of rotatable bonds is 5. The minimum atomic E-state index is -1.43. The Labute approximate surface area is 160 Å². The summed E-state index contributed by atoms with van der Waals surface area (Å²) >= 11 is 0. The Morgan fingerprint density at radius 2 is 1.78 bits per heavy atom. The molecule has 0 saturated carbocycles. The summed E-state index contributed by atoms with van der Waals surface area (Å²) in [4.78, 5) is 0.672. The molecule has 0 aliphatic carbocycles. The zero-order valence-corrected chi connectivity index (χ0v) is 16.0. The Balaban J connectivity index is 1.77. The lowest BCUT2D eigenvalue weighted by atomic mass is 10.1. The summed E-state index contributed by atoms with van der Waals surface area (Å²) in [5.74, 6) is 0.614. The van der Waals surface area contributed by atoms with Crippen molar-refractivity contribution >= 4 is 21.6 Å². The zero-order chi connectivity index (χ0) is 18.8. The first-order valence-corrected chi connectivity index (χ1v) is 9.77. The van der Waals surface area contributed by atoms with E-state index in [9.17, 15) is 4.21 Å². The summed E-state index contributed by atoms with van der Waals surface area (Å²) < 4.78 is 22.5. The van der Waals surface area contributed by atoms with Gasteiger partial charge >= 0.3 is 0 Å². The molecule has 6 heteroatoms. The van der Waals surface area contributed by atoms with Crippen molar-refractivity contribution in [3.63, 3.8) is 0 Å². The average molecular weight is 378 g/mol. The van der Waals surface area contributed by atoms with Gasteiger partial charge in [-0.2, -0.15) is 0 Å². The van der Waals surface area contributed by atoms with Crippen LogP contribution < -0.4 is 9.42 Å². The minimum absolute atomic E-state index is 0.614. The molecule has 1 heterocycles. The van der Waals surface area contributed by atoms with Crippen molar-refractivity contribution in [2.75, 3.05) is 7.11 Å². The molecule has 136 valence electrons. The second-order valence-electron chi connectivity index (χ2n) is 6.25. The van der Waals surface area contributed by atoms with Gasteiger partial charge in [0.1, 0.15) is 30.1 Å². The fourth-order valence-electron chi connectivity index (χ4n) is 3.15. The number of aryl methyl sites for hydroxylation is 1. The van der Waals surface area contributed by atoms with Crippen LogP contribution in [0.15, 0.2) is 82.8 Å². The Hall–Kier alpha value is -2.99. The highest BCUT2D eigenvalue weighted by atomic mass is 32.2. The van der Waals surface area contributed by atoms with E-state index in [0.29, 0.717) is 22.2 Å². The molecular weight excluding hydrogens is 358 g/mol. The molecule has 1 unspecified atom stereocenters. The number of benzene rings is 3. The number of hydrogen-bond donors (Lipinski definition) is 0. The molecule has 0 aliphatic rings. The molecule has 4 aromatic rings. The highest BCUT2D eigenvalue weighted by Crippen LogP contribution is 2.33. The predicted octanol–water partition coefficient (Wildman–Crippen LogP) is 3.08. The first-order chi connectivity index (χ1) is 13.2. The van der Waals surface area contributed by atoms with Crippen LogP contribution in [-0.2, 0) is 24.4 Å². The third-order valence-corrected chi connectivity index (χ3v) is 6.00. The number of hydrogen-bond acceptors (Lipinski definition) is 3. The highest BCUT2D eigenvalue weighted by molar-refractivity contribution is 7.85. The summed E-state index contributed by atoms with van der Waals surface area (Å²) in [5.41, 5.74) is 1.14. The van der Waals surface area contributed by atoms with Gasteiger partial charge in [0.15, 0.2) is 6.20 Å².